The number of fused-ring (bicyclic) bond motifs is 5. The maximum absolute atomic E-state index is 13.3. The minimum atomic E-state index is -0.241. The van der Waals surface area contributed by atoms with Crippen molar-refractivity contribution in [3.05, 3.63) is 42.2 Å². The van der Waals surface area contributed by atoms with Gasteiger partial charge >= 0.3 is 0 Å². The molecule has 0 radical (unpaired) electrons. The van der Waals surface area contributed by atoms with Gasteiger partial charge in [-0.05, 0) is 42.9 Å². The molecule has 1 heterocycles. The first-order valence-corrected chi connectivity index (χ1v) is 10.9. The fourth-order valence-corrected chi connectivity index (χ4v) is 5.06. The number of imide groups is 1. The number of likely N-dealkylation sites (tertiary alicyclic amines) is 1. The summed E-state index contributed by atoms with van der Waals surface area (Å²) in [4.78, 5) is 33.1. The Morgan fingerprint density at radius 2 is 1.84 bits per heavy atom. The summed E-state index contributed by atoms with van der Waals surface area (Å²) in [5.74, 6) is 0.553. The number of carbonyl (C=O) groups is 2. The molecule has 1 saturated carbocycles. The van der Waals surface area contributed by atoms with Crippen LogP contribution < -0.4 is 15.5 Å². The van der Waals surface area contributed by atoms with Gasteiger partial charge in [-0.15, -0.1) is 0 Å². The summed E-state index contributed by atoms with van der Waals surface area (Å²) in [5, 5.41) is 6.42. The molecule has 2 amide bonds. The molecule has 3 aliphatic rings. The molecule has 0 aromatic heterocycles. The highest BCUT2D eigenvalue weighted by molar-refractivity contribution is 6.06. The minimum Gasteiger partial charge on any atom is -0.374 e. The molecule has 0 spiro atoms. The fourth-order valence-electron chi connectivity index (χ4n) is 5.06. The van der Waals surface area contributed by atoms with E-state index in [2.05, 4.69) is 27.8 Å². The van der Waals surface area contributed by atoms with Crippen LogP contribution in [0.5, 0.6) is 0 Å². The van der Waals surface area contributed by atoms with E-state index in [1.165, 1.54) is 17.0 Å². The summed E-state index contributed by atoms with van der Waals surface area (Å²) in [6, 6.07) is 6.54. The number of halogens is 1. The van der Waals surface area contributed by atoms with Crippen molar-refractivity contribution < 1.29 is 14.0 Å². The van der Waals surface area contributed by atoms with Gasteiger partial charge in [-0.25, -0.2) is 4.39 Å². The van der Waals surface area contributed by atoms with Gasteiger partial charge in [-0.2, -0.15) is 0 Å². The van der Waals surface area contributed by atoms with Gasteiger partial charge in [0.25, 0.3) is 0 Å². The Hall–Kier alpha value is -2.90. The normalized spacial score (nSPS) is 26.5. The van der Waals surface area contributed by atoms with Crippen molar-refractivity contribution in [1.29, 1.82) is 0 Å². The van der Waals surface area contributed by atoms with Crippen molar-refractivity contribution in [2.75, 3.05) is 45.2 Å². The monoisotopic (exact) mass is 427 g/mol. The molecule has 1 aliphatic heterocycles. The highest BCUT2D eigenvalue weighted by atomic mass is 19.1. The molecule has 31 heavy (non-hydrogen) atoms. The molecule has 1 aromatic rings. The second kappa shape index (κ2) is 9.08. The van der Waals surface area contributed by atoms with Crippen LogP contribution in [0.2, 0.25) is 0 Å². The van der Waals surface area contributed by atoms with E-state index in [4.69, 9.17) is 0 Å². The lowest BCUT2D eigenvalue weighted by molar-refractivity contribution is -0.140. The SMILES string of the molecule is CN=C(NCCCN(C)c1cccc(F)c1)NCCN1C(=O)C2C3C=CC(C3)C2C1=O. The van der Waals surface area contributed by atoms with Crippen LogP contribution in [-0.2, 0) is 9.59 Å². The third kappa shape index (κ3) is 4.29. The van der Waals surface area contributed by atoms with Crippen molar-refractivity contribution in [3.63, 3.8) is 0 Å². The largest absolute Gasteiger partial charge is 0.374 e. The molecule has 8 heteroatoms. The Bertz CT molecular complexity index is 872. The van der Waals surface area contributed by atoms with E-state index in [9.17, 15) is 14.0 Å². The number of anilines is 1. The molecule has 1 aromatic carbocycles. The fraction of sp³-hybridized carbons (Fsp3) is 0.522. The van der Waals surface area contributed by atoms with E-state index >= 15 is 0 Å². The number of amides is 2. The Labute approximate surface area is 182 Å². The van der Waals surface area contributed by atoms with Crippen molar-refractivity contribution in [3.8, 4) is 0 Å². The molecule has 7 nitrogen and oxygen atoms in total. The zero-order valence-corrected chi connectivity index (χ0v) is 18.1. The van der Waals surface area contributed by atoms with E-state index in [0.717, 1.165) is 25.1 Å². The van der Waals surface area contributed by atoms with Crippen molar-refractivity contribution in [1.82, 2.24) is 15.5 Å². The van der Waals surface area contributed by atoms with Gasteiger partial charge in [0.1, 0.15) is 5.82 Å². The standard InChI is InChI=1S/C23H30FN5O2/c1-25-23(26-9-4-11-28(2)18-6-3-5-17(24)14-18)27-10-12-29-21(30)19-15-7-8-16(13-15)20(19)22(29)31/h3,5-8,14-16,19-20H,4,9-13H2,1-2H3,(H2,25,26,27). The molecule has 2 bridgehead atoms. The van der Waals surface area contributed by atoms with E-state index in [1.807, 2.05) is 18.0 Å². The number of nitrogens with one attached hydrogen (secondary N) is 2. The highest BCUT2D eigenvalue weighted by Crippen LogP contribution is 2.52. The molecular weight excluding hydrogens is 397 g/mol. The molecule has 2 fully saturated rings. The quantitative estimate of drug-likeness (QED) is 0.217. The third-order valence-electron chi connectivity index (χ3n) is 6.62. The van der Waals surface area contributed by atoms with Crippen molar-refractivity contribution in [2.45, 2.75) is 12.8 Å². The number of hydrogen-bond acceptors (Lipinski definition) is 4. The van der Waals surface area contributed by atoms with Crippen LogP contribution in [0.4, 0.5) is 10.1 Å². The van der Waals surface area contributed by atoms with E-state index in [0.29, 0.717) is 25.6 Å². The molecule has 1 saturated heterocycles. The Morgan fingerprint density at radius 3 is 2.48 bits per heavy atom. The first kappa shape index (κ1) is 21.3. The topological polar surface area (TPSA) is 77.0 Å². The number of guanidine groups is 1. The summed E-state index contributed by atoms with van der Waals surface area (Å²) >= 11 is 0. The van der Waals surface area contributed by atoms with Gasteiger partial charge in [-0.1, -0.05) is 18.2 Å². The number of rotatable bonds is 8. The van der Waals surface area contributed by atoms with E-state index in [1.54, 1.807) is 13.1 Å². The molecular formula is C23H30FN5O2. The first-order chi connectivity index (χ1) is 15.0. The van der Waals surface area contributed by atoms with Crippen LogP contribution in [0, 0.1) is 29.5 Å². The summed E-state index contributed by atoms with van der Waals surface area (Å²) in [6.45, 7) is 2.28. The van der Waals surface area contributed by atoms with E-state index in [-0.39, 0.29) is 41.3 Å². The maximum Gasteiger partial charge on any atom is 0.233 e. The van der Waals surface area contributed by atoms with Crippen LogP contribution in [-0.4, -0.2) is 62.9 Å². The first-order valence-electron chi connectivity index (χ1n) is 10.9. The number of nitrogens with zero attached hydrogens (tertiary/aromatic N) is 3. The lowest BCUT2D eigenvalue weighted by Gasteiger charge is -2.20. The summed E-state index contributed by atoms with van der Waals surface area (Å²) in [5.41, 5.74) is 0.843. The maximum atomic E-state index is 13.3. The zero-order chi connectivity index (χ0) is 22.0. The Morgan fingerprint density at radius 1 is 1.16 bits per heavy atom. The van der Waals surface area contributed by atoms with Crippen LogP contribution in [0.25, 0.3) is 0 Å². The van der Waals surface area contributed by atoms with Crippen LogP contribution in [0.1, 0.15) is 12.8 Å². The van der Waals surface area contributed by atoms with Crippen LogP contribution in [0.3, 0.4) is 0 Å². The lowest BCUT2D eigenvalue weighted by Crippen LogP contribution is -2.44. The van der Waals surface area contributed by atoms with Crippen LogP contribution in [0.15, 0.2) is 41.4 Å². The average Bonchev–Trinajstić information content (AvgIpc) is 3.44. The van der Waals surface area contributed by atoms with Gasteiger partial charge in [-0.3, -0.25) is 19.5 Å². The van der Waals surface area contributed by atoms with Gasteiger partial charge in [0.05, 0.1) is 11.8 Å². The predicted octanol–water partition coefficient (Wildman–Crippen LogP) is 1.62. The average molecular weight is 428 g/mol. The molecule has 2 N–H and O–H groups in total. The van der Waals surface area contributed by atoms with Crippen molar-refractivity contribution >= 4 is 23.5 Å². The number of allylic oxidation sites excluding steroid dienone is 2. The summed E-state index contributed by atoms with van der Waals surface area (Å²) in [7, 11) is 3.62. The highest BCUT2D eigenvalue weighted by Gasteiger charge is 2.58. The van der Waals surface area contributed by atoms with Gasteiger partial charge in [0.2, 0.25) is 11.8 Å². The number of aliphatic imine (C=N–C) groups is 1. The molecule has 166 valence electrons. The zero-order valence-electron chi connectivity index (χ0n) is 18.1. The smallest absolute Gasteiger partial charge is 0.233 e. The number of benzene rings is 1. The van der Waals surface area contributed by atoms with E-state index < -0.39 is 0 Å². The molecule has 4 rings (SSSR count). The van der Waals surface area contributed by atoms with Gasteiger partial charge in [0.15, 0.2) is 5.96 Å². The minimum absolute atomic E-state index is 0.0167. The Balaban J connectivity index is 1.17. The summed E-state index contributed by atoms with van der Waals surface area (Å²) < 4.78 is 13.3. The van der Waals surface area contributed by atoms with Crippen LogP contribution >= 0.6 is 0 Å². The number of carbonyl (C=O) groups excluding carboxylic acids is 2. The molecule has 4 atom stereocenters. The van der Waals surface area contributed by atoms with Gasteiger partial charge in [0, 0.05) is 46.0 Å². The predicted molar refractivity (Wildman–Crippen MR) is 118 cm³/mol. The molecule has 4 unspecified atom stereocenters. The van der Waals surface area contributed by atoms with Crippen molar-refractivity contribution in [2.24, 2.45) is 28.7 Å². The third-order valence-corrected chi connectivity index (χ3v) is 6.62. The molecule has 2 aliphatic carbocycles. The lowest BCUT2D eigenvalue weighted by atomic mass is 9.85. The second-order valence-electron chi connectivity index (χ2n) is 8.51. The van der Waals surface area contributed by atoms with Gasteiger partial charge < -0.3 is 15.5 Å². The number of hydrogen-bond donors (Lipinski definition) is 2. The Kier molecular flexibility index (Phi) is 6.25. The summed E-state index contributed by atoms with van der Waals surface area (Å²) in [6.07, 6.45) is 6.01. The second-order valence-corrected chi connectivity index (χ2v) is 8.51.